The summed E-state index contributed by atoms with van der Waals surface area (Å²) in [5, 5.41) is 1.24. The number of methoxy groups -OCH3 is 1. The second kappa shape index (κ2) is 8.36. The molecule has 0 atom stereocenters. The molecule has 3 aromatic rings. The average Bonchev–Trinajstić information content (AvgIpc) is 3.27. The van der Waals surface area contributed by atoms with E-state index in [1.165, 1.54) is 16.5 Å². The fourth-order valence-electron chi connectivity index (χ4n) is 4.83. The summed E-state index contributed by atoms with van der Waals surface area (Å²) >= 11 is 0. The number of aromatic nitrogens is 1. The lowest BCUT2D eigenvalue weighted by Gasteiger charge is -2.46. The lowest BCUT2D eigenvalue weighted by Crippen LogP contribution is -2.60. The first-order valence-corrected chi connectivity index (χ1v) is 11.0. The second-order valence-electron chi connectivity index (χ2n) is 8.60. The van der Waals surface area contributed by atoms with Crippen molar-refractivity contribution in [3.05, 3.63) is 65.9 Å². The van der Waals surface area contributed by atoms with Crippen LogP contribution < -0.4 is 4.74 Å². The molecule has 2 aromatic carbocycles. The molecule has 3 heterocycles. The predicted molar refractivity (Wildman–Crippen MR) is 120 cm³/mol. The molecule has 31 heavy (non-hydrogen) atoms. The molecule has 6 heteroatoms. The summed E-state index contributed by atoms with van der Waals surface area (Å²) in [6.45, 7) is 4.46. The summed E-state index contributed by atoms with van der Waals surface area (Å²) in [5.74, 6) is 0.953. The highest BCUT2D eigenvalue weighted by Crippen LogP contribution is 2.33. The van der Waals surface area contributed by atoms with Crippen LogP contribution in [0.3, 0.4) is 0 Å². The molecular formula is C25H29N3O3. The van der Waals surface area contributed by atoms with Gasteiger partial charge >= 0.3 is 0 Å². The van der Waals surface area contributed by atoms with Crippen LogP contribution in [0.5, 0.6) is 5.75 Å². The van der Waals surface area contributed by atoms with Gasteiger partial charge in [0, 0.05) is 44.4 Å². The molecular weight excluding hydrogens is 390 g/mol. The number of nitrogens with one attached hydrogen (secondary N) is 1. The van der Waals surface area contributed by atoms with Crippen molar-refractivity contribution in [2.75, 3.05) is 33.4 Å². The van der Waals surface area contributed by atoms with Gasteiger partial charge in [0.15, 0.2) is 0 Å². The van der Waals surface area contributed by atoms with Gasteiger partial charge in [0.05, 0.1) is 13.7 Å². The van der Waals surface area contributed by atoms with E-state index in [4.69, 9.17) is 9.47 Å². The number of nitrogens with zero attached hydrogens (tertiary/aromatic N) is 2. The standard InChI is InChI=1S/C25H29N3O3/c1-30-22-4-2-3-19(16-22)18-28-13-14-31-25(24(28)29)8-11-27(12-9-25)17-20-5-6-23-21(15-20)7-10-26-23/h2-7,10,15-16,26H,8-9,11-14,17-18H2,1H3. The van der Waals surface area contributed by atoms with Crippen LogP contribution in [0.4, 0.5) is 0 Å². The Labute approximate surface area is 182 Å². The Morgan fingerprint density at radius 3 is 2.71 bits per heavy atom. The number of amides is 1. The zero-order valence-electron chi connectivity index (χ0n) is 18.0. The normalized spacial score (nSPS) is 19.3. The lowest BCUT2D eigenvalue weighted by molar-refractivity contribution is -0.180. The molecule has 0 saturated carbocycles. The minimum atomic E-state index is -0.668. The number of hydrogen-bond donors (Lipinski definition) is 1. The highest BCUT2D eigenvalue weighted by atomic mass is 16.5. The number of carbonyl (C=O) groups is 1. The van der Waals surface area contributed by atoms with Crippen LogP contribution in [0, 0.1) is 0 Å². The summed E-state index contributed by atoms with van der Waals surface area (Å²) in [7, 11) is 1.66. The lowest BCUT2D eigenvalue weighted by atomic mass is 9.88. The van der Waals surface area contributed by atoms with Crippen LogP contribution in [0.2, 0.25) is 0 Å². The van der Waals surface area contributed by atoms with Crippen LogP contribution in [0.15, 0.2) is 54.7 Å². The van der Waals surface area contributed by atoms with Gasteiger partial charge in [0.25, 0.3) is 5.91 Å². The van der Waals surface area contributed by atoms with E-state index >= 15 is 0 Å². The summed E-state index contributed by atoms with van der Waals surface area (Å²) in [6.07, 6.45) is 3.46. The van der Waals surface area contributed by atoms with Crippen LogP contribution in [0.1, 0.15) is 24.0 Å². The van der Waals surface area contributed by atoms with E-state index in [0.717, 1.165) is 43.8 Å². The van der Waals surface area contributed by atoms with Crippen LogP contribution in [-0.2, 0) is 22.6 Å². The van der Waals surface area contributed by atoms with E-state index in [0.29, 0.717) is 19.7 Å². The third-order valence-electron chi connectivity index (χ3n) is 6.61. The second-order valence-corrected chi connectivity index (χ2v) is 8.60. The monoisotopic (exact) mass is 419 g/mol. The van der Waals surface area contributed by atoms with E-state index in [1.54, 1.807) is 7.11 Å². The molecule has 2 aliphatic rings. The molecule has 0 radical (unpaired) electrons. The maximum atomic E-state index is 13.4. The van der Waals surface area contributed by atoms with Crippen LogP contribution in [0.25, 0.3) is 10.9 Å². The van der Waals surface area contributed by atoms with Crippen molar-refractivity contribution >= 4 is 16.8 Å². The number of fused-ring (bicyclic) bond motifs is 1. The number of aromatic amines is 1. The maximum Gasteiger partial charge on any atom is 0.255 e. The topological polar surface area (TPSA) is 57.8 Å². The summed E-state index contributed by atoms with van der Waals surface area (Å²) < 4.78 is 11.5. The molecule has 1 spiro atoms. The quantitative estimate of drug-likeness (QED) is 0.687. The Kier molecular flexibility index (Phi) is 5.42. The van der Waals surface area contributed by atoms with Gasteiger partial charge in [-0.2, -0.15) is 0 Å². The molecule has 0 aliphatic carbocycles. The van der Waals surface area contributed by atoms with Gasteiger partial charge in [0.2, 0.25) is 0 Å². The minimum Gasteiger partial charge on any atom is -0.497 e. The van der Waals surface area contributed by atoms with Crippen molar-refractivity contribution in [2.24, 2.45) is 0 Å². The first kappa shape index (κ1) is 20.1. The molecule has 1 aromatic heterocycles. The number of rotatable bonds is 5. The fourth-order valence-corrected chi connectivity index (χ4v) is 4.83. The summed E-state index contributed by atoms with van der Waals surface area (Å²) in [5.41, 5.74) is 2.89. The number of morpholine rings is 1. The highest BCUT2D eigenvalue weighted by Gasteiger charge is 2.47. The Bertz CT molecular complexity index is 1070. The van der Waals surface area contributed by atoms with Crippen LogP contribution >= 0.6 is 0 Å². The van der Waals surface area contributed by atoms with E-state index in [9.17, 15) is 4.79 Å². The molecule has 6 nitrogen and oxygen atoms in total. The molecule has 1 N–H and O–H groups in total. The highest BCUT2D eigenvalue weighted by molar-refractivity contribution is 5.86. The van der Waals surface area contributed by atoms with Gasteiger partial charge in [-0.15, -0.1) is 0 Å². The molecule has 5 rings (SSSR count). The van der Waals surface area contributed by atoms with Gasteiger partial charge in [-0.25, -0.2) is 0 Å². The average molecular weight is 420 g/mol. The zero-order chi connectivity index (χ0) is 21.3. The van der Waals surface area contributed by atoms with E-state index in [1.807, 2.05) is 35.4 Å². The number of carbonyl (C=O) groups excluding carboxylic acids is 1. The first-order valence-electron chi connectivity index (χ1n) is 11.0. The van der Waals surface area contributed by atoms with Gasteiger partial charge in [-0.1, -0.05) is 18.2 Å². The molecule has 2 saturated heterocycles. The largest absolute Gasteiger partial charge is 0.497 e. The fraction of sp³-hybridized carbons (Fsp3) is 0.400. The number of likely N-dealkylation sites (tertiary alicyclic amines) is 1. The summed E-state index contributed by atoms with van der Waals surface area (Å²) in [6, 6.07) is 16.6. The Morgan fingerprint density at radius 2 is 1.87 bits per heavy atom. The van der Waals surface area contributed by atoms with Gasteiger partial charge in [0.1, 0.15) is 11.4 Å². The van der Waals surface area contributed by atoms with E-state index in [-0.39, 0.29) is 5.91 Å². The maximum absolute atomic E-state index is 13.4. The third-order valence-corrected chi connectivity index (χ3v) is 6.61. The van der Waals surface area contributed by atoms with Gasteiger partial charge in [-0.3, -0.25) is 9.69 Å². The van der Waals surface area contributed by atoms with Gasteiger partial charge < -0.3 is 19.4 Å². The predicted octanol–water partition coefficient (Wildman–Crippen LogP) is 3.57. The Balaban J connectivity index is 1.22. The summed E-state index contributed by atoms with van der Waals surface area (Å²) in [4.78, 5) is 21.0. The number of benzene rings is 2. The number of hydrogen-bond acceptors (Lipinski definition) is 4. The van der Waals surface area contributed by atoms with E-state index in [2.05, 4.69) is 34.1 Å². The molecule has 2 fully saturated rings. The number of piperidine rings is 1. The molecule has 2 aliphatic heterocycles. The SMILES string of the molecule is COc1cccc(CN2CCOC3(CCN(Cc4ccc5[nH]ccc5c4)CC3)C2=O)c1. The van der Waals surface area contributed by atoms with Crippen molar-refractivity contribution in [3.8, 4) is 5.75 Å². The van der Waals surface area contributed by atoms with Crippen molar-refractivity contribution in [1.29, 1.82) is 0 Å². The smallest absolute Gasteiger partial charge is 0.255 e. The van der Waals surface area contributed by atoms with E-state index < -0.39 is 5.60 Å². The number of ether oxygens (including phenoxy) is 2. The Hall–Kier alpha value is -2.83. The first-order chi connectivity index (χ1) is 15.1. The zero-order valence-corrected chi connectivity index (χ0v) is 18.0. The van der Waals surface area contributed by atoms with Crippen molar-refractivity contribution in [1.82, 2.24) is 14.8 Å². The van der Waals surface area contributed by atoms with Crippen molar-refractivity contribution in [2.45, 2.75) is 31.5 Å². The molecule has 0 unspecified atom stereocenters. The molecule has 1 amide bonds. The van der Waals surface area contributed by atoms with Crippen LogP contribution in [-0.4, -0.2) is 59.6 Å². The minimum absolute atomic E-state index is 0.134. The molecule has 162 valence electrons. The van der Waals surface area contributed by atoms with Crippen molar-refractivity contribution < 1.29 is 14.3 Å². The van der Waals surface area contributed by atoms with Crippen molar-refractivity contribution in [3.63, 3.8) is 0 Å². The molecule has 0 bridgehead atoms. The van der Waals surface area contributed by atoms with Gasteiger partial charge in [-0.05, 0) is 59.7 Å². The third kappa shape index (κ3) is 4.05. The Morgan fingerprint density at radius 1 is 1.03 bits per heavy atom. The number of H-pyrrole nitrogens is 1.